The Hall–Kier alpha value is -3.96. The SMILES string of the molecule is Cc1cc(-c2ccccc2)c(C#N)c(=O)n1C(=O)c1ccc(C#N)cc1. The normalized spacial score (nSPS) is 9.96. The lowest BCUT2D eigenvalue weighted by Crippen LogP contribution is -2.31. The van der Waals surface area contributed by atoms with Crippen LogP contribution in [-0.4, -0.2) is 10.5 Å². The first kappa shape index (κ1) is 16.9. The predicted molar refractivity (Wildman–Crippen MR) is 96.5 cm³/mol. The Morgan fingerprint density at radius 1 is 0.962 bits per heavy atom. The zero-order chi connectivity index (χ0) is 18.7. The fraction of sp³-hybridized carbons (Fsp3) is 0.0476. The molecule has 0 aliphatic rings. The molecular formula is C21H13N3O2. The molecule has 3 aromatic rings. The van der Waals surface area contributed by atoms with Crippen LogP contribution >= 0.6 is 0 Å². The van der Waals surface area contributed by atoms with E-state index in [1.165, 1.54) is 24.3 Å². The maximum atomic E-state index is 12.8. The molecule has 0 spiro atoms. The summed E-state index contributed by atoms with van der Waals surface area (Å²) < 4.78 is 0.992. The van der Waals surface area contributed by atoms with Crippen molar-refractivity contribution in [2.75, 3.05) is 0 Å². The minimum absolute atomic E-state index is 0.0798. The van der Waals surface area contributed by atoms with Crippen LogP contribution in [-0.2, 0) is 0 Å². The molecule has 124 valence electrons. The van der Waals surface area contributed by atoms with Crippen molar-refractivity contribution in [1.82, 2.24) is 4.57 Å². The van der Waals surface area contributed by atoms with Gasteiger partial charge in [-0.05, 0) is 42.8 Å². The summed E-state index contributed by atoms with van der Waals surface area (Å²) in [6, 6.07) is 20.7. The zero-order valence-electron chi connectivity index (χ0n) is 13.9. The van der Waals surface area contributed by atoms with E-state index in [2.05, 4.69) is 0 Å². The van der Waals surface area contributed by atoms with Gasteiger partial charge in [-0.25, -0.2) is 4.57 Å². The molecule has 1 aromatic heterocycles. The van der Waals surface area contributed by atoms with E-state index in [-0.39, 0.29) is 11.1 Å². The Balaban J connectivity index is 2.18. The molecule has 0 amide bonds. The van der Waals surface area contributed by atoms with E-state index in [9.17, 15) is 14.9 Å². The van der Waals surface area contributed by atoms with Gasteiger partial charge in [-0.15, -0.1) is 0 Å². The highest BCUT2D eigenvalue weighted by atomic mass is 16.2. The van der Waals surface area contributed by atoms with Gasteiger partial charge in [0.2, 0.25) is 0 Å². The Morgan fingerprint density at radius 3 is 2.19 bits per heavy atom. The van der Waals surface area contributed by atoms with Gasteiger partial charge >= 0.3 is 0 Å². The first-order chi connectivity index (χ1) is 12.6. The van der Waals surface area contributed by atoms with Gasteiger partial charge in [-0.1, -0.05) is 30.3 Å². The van der Waals surface area contributed by atoms with Gasteiger partial charge in [0.1, 0.15) is 11.6 Å². The fourth-order valence-electron chi connectivity index (χ4n) is 2.76. The summed E-state index contributed by atoms with van der Waals surface area (Å²) in [6.07, 6.45) is 0. The molecule has 1 heterocycles. The van der Waals surface area contributed by atoms with E-state index < -0.39 is 11.5 Å². The number of rotatable bonds is 2. The van der Waals surface area contributed by atoms with Crippen LogP contribution in [0.4, 0.5) is 0 Å². The number of hydrogen-bond acceptors (Lipinski definition) is 4. The summed E-state index contributed by atoms with van der Waals surface area (Å²) in [6.45, 7) is 1.65. The van der Waals surface area contributed by atoms with Crippen LogP contribution in [0.3, 0.4) is 0 Å². The van der Waals surface area contributed by atoms with Gasteiger partial charge in [-0.2, -0.15) is 10.5 Å². The van der Waals surface area contributed by atoms with Crippen LogP contribution in [0.25, 0.3) is 11.1 Å². The predicted octanol–water partition coefficient (Wildman–Crippen LogP) is 3.26. The molecule has 0 radical (unpaired) electrons. The summed E-state index contributed by atoms with van der Waals surface area (Å²) in [5.74, 6) is -0.534. The minimum Gasteiger partial charge on any atom is -0.268 e. The molecule has 5 nitrogen and oxygen atoms in total. The molecule has 0 atom stereocenters. The quantitative estimate of drug-likeness (QED) is 0.717. The van der Waals surface area contributed by atoms with Gasteiger partial charge in [0.25, 0.3) is 11.5 Å². The zero-order valence-corrected chi connectivity index (χ0v) is 13.9. The van der Waals surface area contributed by atoms with Crippen LogP contribution in [0.2, 0.25) is 0 Å². The van der Waals surface area contributed by atoms with Crippen molar-refractivity contribution < 1.29 is 4.79 Å². The van der Waals surface area contributed by atoms with Crippen molar-refractivity contribution in [2.45, 2.75) is 6.92 Å². The second-order valence-electron chi connectivity index (χ2n) is 5.69. The lowest BCUT2D eigenvalue weighted by Gasteiger charge is -2.12. The van der Waals surface area contributed by atoms with Crippen LogP contribution in [0.15, 0.2) is 65.5 Å². The number of carbonyl (C=O) groups is 1. The van der Waals surface area contributed by atoms with E-state index in [0.29, 0.717) is 16.8 Å². The minimum atomic E-state index is -0.652. The number of aryl methyl sites for hydroxylation is 1. The maximum absolute atomic E-state index is 12.8. The number of benzene rings is 2. The molecule has 3 rings (SSSR count). The van der Waals surface area contributed by atoms with Crippen molar-refractivity contribution in [2.24, 2.45) is 0 Å². The molecule has 0 aliphatic heterocycles. The van der Waals surface area contributed by atoms with E-state index in [1.807, 2.05) is 42.5 Å². The van der Waals surface area contributed by atoms with Crippen molar-refractivity contribution in [3.05, 3.63) is 93.4 Å². The van der Waals surface area contributed by atoms with Crippen molar-refractivity contribution >= 4 is 5.91 Å². The second kappa shape index (κ2) is 6.88. The third-order valence-electron chi connectivity index (χ3n) is 4.05. The first-order valence-corrected chi connectivity index (χ1v) is 7.84. The number of pyridine rings is 1. The Labute approximate surface area is 150 Å². The van der Waals surface area contributed by atoms with E-state index >= 15 is 0 Å². The standard InChI is InChI=1S/C21H13N3O2/c1-14-11-18(16-5-3-2-4-6-16)19(13-23)21(26)24(14)20(25)17-9-7-15(12-22)8-10-17/h2-11H,1H3. The molecule has 5 heteroatoms. The molecule has 0 saturated heterocycles. The van der Waals surface area contributed by atoms with Crippen molar-refractivity contribution in [1.29, 1.82) is 10.5 Å². The third kappa shape index (κ3) is 2.90. The van der Waals surface area contributed by atoms with Crippen LogP contribution < -0.4 is 5.56 Å². The molecule has 0 N–H and O–H groups in total. The first-order valence-electron chi connectivity index (χ1n) is 7.84. The molecule has 0 aliphatic carbocycles. The van der Waals surface area contributed by atoms with Gasteiger partial charge in [0.05, 0.1) is 11.6 Å². The molecular weight excluding hydrogens is 326 g/mol. The fourth-order valence-corrected chi connectivity index (χ4v) is 2.76. The largest absolute Gasteiger partial charge is 0.276 e. The summed E-state index contributed by atoms with van der Waals surface area (Å²) in [4.78, 5) is 25.6. The Kier molecular flexibility index (Phi) is 4.47. The van der Waals surface area contributed by atoms with Crippen LogP contribution in [0.5, 0.6) is 0 Å². The lowest BCUT2D eigenvalue weighted by atomic mass is 10.0. The van der Waals surface area contributed by atoms with Gasteiger partial charge < -0.3 is 0 Å². The highest BCUT2D eigenvalue weighted by Gasteiger charge is 2.19. The molecule has 26 heavy (non-hydrogen) atoms. The summed E-state index contributed by atoms with van der Waals surface area (Å²) >= 11 is 0. The summed E-state index contributed by atoms with van der Waals surface area (Å²) in [5.41, 5.74) is 1.63. The molecule has 0 fully saturated rings. The number of aromatic nitrogens is 1. The lowest BCUT2D eigenvalue weighted by molar-refractivity contribution is 0.0953. The highest BCUT2D eigenvalue weighted by molar-refractivity contribution is 5.97. The van der Waals surface area contributed by atoms with Crippen molar-refractivity contribution in [3.8, 4) is 23.3 Å². The second-order valence-corrected chi connectivity index (χ2v) is 5.69. The van der Waals surface area contributed by atoms with Crippen LogP contribution in [0, 0.1) is 29.6 Å². The number of carbonyl (C=O) groups excluding carboxylic acids is 1. The van der Waals surface area contributed by atoms with Gasteiger partial charge in [-0.3, -0.25) is 9.59 Å². The molecule has 2 aromatic carbocycles. The van der Waals surface area contributed by atoms with Crippen LogP contribution in [0.1, 0.15) is 27.2 Å². The van der Waals surface area contributed by atoms with E-state index in [0.717, 1.165) is 10.1 Å². The smallest absolute Gasteiger partial charge is 0.268 e. The molecule has 0 unspecified atom stereocenters. The average molecular weight is 339 g/mol. The highest BCUT2D eigenvalue weighted by Crippen LogP contribution is 2.22. The average Bonchev–Trinajstić information content (AvgIpc) is 2.68. The molecule has 0 bridgehead atoms. The summed E-state index contributed by atoms with van der Waals surface area (Å²) in [7, 11) is 0. The van der Waals surface area contributed by atoms with E-state index in [1.54, 1.807) is 13.0 Å². The third-order valence-corrected chi connectivity index (χ3v) is 4.05. The summed E-state index contributed by atoms with van der Waals surface area (Å²) in [5, 5.41) is 18.3. The number of hydrogen-bond donors (Lipinski definition) is 0. The van der Waals surface area contributed by atoms with Crippen molar-refractivity contribution in [3.63, 3.8) is 0 Å². The Bertz CT molecular complexity index is 1130. The molecule has 0 saturated carbocycles. The van der Waals surface area contributed by atoms with E-state index in [4.69, 9.17) is 5.26 Å². The Morgan fingerprint density at radius 2 is 1.62 bits per heavy atom. The topological polar surface area (TPSA) is 86.7 Å². The van der Waals surface area contributed by atoms with Gasteiger partial charge in [0, 0.05) is 16.8 Å². The number of nitrogens with zero attached hydrogens (tertiary/aromatic N) is 3. The number of nitriles is 2. The maximum Gasteiger partial charge on any atom is 0.276 e. The monoisotopic (exact) mass is 339 g/mol. The van der Waals surface area contributed by atoms with Gasteiger partial charge in [0.15, 0.2) is 0 Å².